The molecule has 8 nitrogen and oxygen atoms in total. The summed E-state index contributed by atoms with van der Waals surface area (Å²) in [6.45, 7) is 1.95. The summed E-state index contributed by atoms with van der Waals surface area (Å²) in [5, 5.41) is 15.4. The summed E-state index contributed by atoms with van der Waals surface area (Å²) in [6.07, 6.45) is 4.25. The van der Waals surface area contributed by atoms with Crippen molar-refractivity contribution in [1.29, 1.82) is 0 Å². The summed E-state index contributed by atoms with van der Waals surface area (Å²) >= 11 is 0. The van der Waals surface area contributed by atoms with Crippen LogP contribution in [-0.4, -0.2) is 70.1 Å². The molecule has 1 aromatic carbocycles. The molecule has 1 aromatic rings. The lowest BCUT2D eigenvalue weighted by molar-refractivity contribution is -0.138. The van der Waals surface area contributed by atoms with E-state index in [1.807, 2.05) is 23.1 Å². The molecule has 0 aromatic heterocycles. The number of aliphatic carboxylic acids is 1. The Balaban J connectivity index is 1.42. The van der Waals surface area contributed by atoms with E-state index in [9.17, 15) is 19.5 Å². The lowest BCUT2D eigenvalue weighted by Crippen LogP contribution is -2.51. The predicted octanol–water partition coefficient (Wildman–Crippen LogP) is 1.71. The van der Waals surface area contributed by atoms with Crippen molar-refractivity contribution >= 4 is 29.2 Å². The van der Waals surface area contributed by atoms with Crippen LogP contribution in [-0.2, 0) is 14.4 Å². The maximum Gasteiger partial charge on any atom is 0.328 e. The molecule has 1 unspecified atom stereocenters. The van der Waals surface area contributed by atoms with E-state index in [2.05, 4.69) is 5.10 Å². The van der Waals surface area contributed by atoms with Crippen LogP contribution in [0.15, 0.2) is 35.4 Å². The van der Waals surface area contributed by atoms with Gasteiger partial charge in [0.15, 0.2) is 6.04 Å². The number of carbonyl (C=O) groups excluding carboxylic acids is 2. The van der Waals surface area contributed by atoms with Gasteiger partial charge >= 0.3 is 5.97 Å². The van der Waals surface area contributed by atoms with Gasteiger partial charge in [0.1, 0.15) is 5.71 Å². The van der Waals surface area contributed by atoms with E-state index in [-0.39, 0.29) is 30.0 Å². The molecule has 3 heterocycles. The highest BCUT2D eigenvalue weighted by Gasteiger charge is 2.39. The van der Waals surface area contributed by atoms with Crippen LogP contribution >= 0.6 is 0 Å². The molecular weight excluding hydrogens is 372 g/mol. The minimum Gasteiger partial charge on any atom is -0.480 e. The number of piperidine rings is 2. The number of hydrogen-bond donors (Lipinski definition) is 1. The molecule has 0 spiro atoms. The van der Waals surface area contributed by atoms with E-state index in [0.29, 0.717) is 25.2 Å². The van der Waals surface area contributed by atoms with Crippen molar-refractivity contribution in [2.75, 3.05) is 24.6 Å². The molecule has 2 saturated heterocycles. The fourth-order valence-electron chi connectivity index (χ4n) is 4.43. The zero-order valence-electron chi connectivity index (χ0n) is 16.4. The molecule has 29 heavy (non-hydrogen) atoms. The molecular formula is C21H26N4O4. The Morgan fingerprint density at radius 3 is 2.41 bits per heavy atom. The number of rotatable bonds is 4. The van der Waals surface area contributed by atoms with Crippen LogP contribution in [0.5, 0.6) is 0 Å². The van der Waals surface area contributed by atoms with E-state index >= 15 is 0 Å². The van der Waals surface area contributed by atoms with Gasteiger partial charge in [-0.2, -0.15) is 5.10 Å². The second kappa shape index (κ2) is 8.23. The van der Waals surface area contributed by atoms with E-state index in [4.69, 9.17) is 0 Å². The Morgan fingerprint density at radius 2 is 1.76 bits per heavy atom. The van der Waals surface area contributed by atoms with Crippen LogP contribution in [0, 0.1) is 0 Å². The molecule has 8 heteroatoms. The normalized spacial score (nSPS) is 23.3. The van der Waals surface area contributed by atoms with Crippen LogP contribution in [0.4, 0.5) is 5.69 Å². The molecule has 2 fully saturated rings. The molecule has 154 valence electrons. The topological polar surface area (TPSA) is 93.5 Å². The molecule has 0 radical (unpaired) electrons. The first kappa shape index (κ1) is 19.4. The maximum atomic E-state index is 13.0. The molecule has 2 amide bonds. The number of carbonyl (C=O) groups is 3. The lowest BCUT2D eigenvalue weighted by atomic mass is 9.99. The predicted molar refractivity (Wildman–Crippen MR) is 108 cm³/mol. The SMILES string of the molecule is O=C(O)C1CC(C(=O)N2CCC(N3CCCCC3=O)CC2)=NN1c1ccccc1. The fraction of sp³-hybridized carbons (Fsp3) is 0.524. The van der Waals surface area contributed by atoms with Gasteiger partial charge in [0.25, 0.3) is 5.91 Å². The molecule has 1 N–H and O–H groups in total. The molecule has 0 bridgehead atoms. The van der Waals surface area contributed by atoms with Crippen molar-refractivity contribution < 1.29 is 19.5 Å². The smallest absolute Gasteiger partial charge is 0.328 e. The van der Waals surface area contributed by atoms with Gasteiger partial charge in [0.05, 0.1) is 5.69 Å². The second-order valence-corrected chi connectivity index (χ2v) is 7.85. The Bertz CT molecular complexity index is 817. The number of nitrogens with zero attached hydrogens (tertiary/aromatic N) is 4. The molecule has 3 aliphatic rings. The molecule has 0 saturated carbocycles. The van der Waals surface area contributed by atoms with Gasteiger partial charge in [0, 0.05) is 38.5 Å². The monoisotopic (exact) mass is 398 g/mol. The van der Waals surface area contributed by atoms with Gasteiger partial charge in [-0.05, 0) is 37.8 Å². The van der Waals surface area contributed by atoms with E-state index in [0.717, 1.165) is 32.2 Å². The maximum absolute atomic E-state index is 13.0. The number of likely N-dealkylation sites (tertiary alicyclic amines) is 2. The van der Waals surface area contributed by atoms with Crippen molar-refractivity contribution in [3.05, 3.63) is 30.3 Å². The third kappa shape index (κ3) is 3.97. The van der Waals surface area contributed by atoms with Crippen molar-refractivity contribution in [3.8, 4) is 0 Å². The Labute approximate surface area is 169 Å². The zero-order valence-corrected chi connectivity index (χ0v) is 16.4. The summed E-state index contributed by atoms with van der Waals surface area (Å²) in [6, 6.07) is 8.38. The summed E-state index contributed by atoms with van der Waals surface area (Å²) in [5.74, 6) is -0.968. The van der Waals surface area contributed by atoms with Crippen molar-refractivity contribution in [3.63, 3.8) is 0 Å². The standard InChI is InChI=1S/C21H26N4O4/c26-19-8-4-5-11-24(19)15-9-12-23(13-10-15)20(27)17-14-18(21(28)29)25(22-17)16-6-2-1-3-7-16/h1-3,6-7,15,18H,4-5,8-14H2,(H,28,29). The van der Waals surface area contributed by atoms with Gasteiger partial charge < -0.3 is 14.9 Å². The van der Waals surface area contributed by atoms with Gasteiger partial charge in [-0.25, -0.2) is 4.79 Å². The molecule has 1 atom stereocenters. The third-order valence-corrected chi connectivity index (χ3v) is 6.02. The second-order valence-electron chi connectivity index (χ2n) is 7.85. The Morgan fingerprint density at radius 1 is 1.03 bits per heavy atom. The number of amides is 2. The number of carboxylic acid groups (broad SMARTS) is 1. The van der Waals surface area contributed by atoms with Crippen molar-refractivity contribution in [2.45, 2.75) is 50.6 Å². The first-order valence-corrected chi connectivity index (χ1v) is 10.3. The van der Waals surface area contributed by atoms with Gasteiger partial charge in [-0.3, -0.25) is 14.6 Å². The van der Waals surface area contributed by atoms with Gasteiger partial charge in [-0.1, -0.05) is 18.2 Å². The van der Waals surface area contributed by atoms with Crippen molar-refractivity contribution in [2.24, 2.45) is 5.10 Å². The number of carboxylic acids is 1. The summed E-state index contributed by atoms with van der Waals surface area (Å²) in [7, 11) is 0. The van der Waals surface area contributed by atoms with Gasteiger partial charge in [0.2, 0.25) is 5.91 Å². The lowest BCUT2D eigenvalue weighted by Gasteiger charge is -2.40. The summed E-state index contributed by atoms with van der Waals surface area (Å²) < 4.78 is 0. The minimum absolute atomic E-state index is 0.0909. The first-order chi connectivity index (χ1) is 14.0. The largest absolute Gasteiger partial charge is 0.480 e. The average molecular weight is 398 g/mol. The summed E-state index contributed by atoms with van der Waals surface area (Å²) in [4.78, 5) is 40.6. The van der Waals surface area contributed by atoms with Crippen LogP contribution < -0.4 is 5.01 Å². The molecule has 4 rings (SSSR count). The zero-order chi connectivity index (χ0) is 20.4. The van der Waals surface area contributed by atoms with E-state index < -0.39 is 12.0 Å². The quantitative estimate of drug-likeness (QED) is 0.833. The number of benzene rings is 1. The highest BCUT2D eigenvalue weighted by atomic mass is 16.4. The number of hydrazone groups is 1. The Kier molecular flexibility index (Phi) is 5.51. The number of hydrogen-bond acceptors (Lipinski definition) is 5. The van der Waals surface area contributed by atoms with Gasteiger partial charge in [-0.15, -0.1) is 0 Å². The average Bonchev–Trinajstić information content (AvgIpc) is 3.20. The van der Waals surface area contributed by atoms with Crippen LogP contribution in [0.3, 0.4) is 0 Å². The fourth-order valence-corrected chi connectivity index (χ4v) is 4.43. The third-order valence-electron chi connectivity index (χ3n) is 6.02. The first-order valence-electron chi connectivity index (χ1n) is 10.3. The number of anilines is 1. The molecule has 0 aliphatic carbocycles. The number of para-hydroxylation sites is 1. The van der Waals surface area contributed by atoms with Crippen molar-refractivity contribution in [1.82, 2.24) is 9.80 Å². The van der Waals surface area contributed by atoms with Crippen LogP contribution in [0.1, 0.15) is 38.5 Å². The highest BCUT2D eigenvalue weighted by molar-refractivity contribution is 6.40. The molecule has 3 aliphatic heterocycles. The van der Waals surface area contributed by atoms with E-state index in [1.165, 1.54) is 5.01 Å². The van der Waals surface area contributed by atoms with Crippen LogP contribution in [0.25, 0.3) is 0 Å². The minimum atomic E-state index is -0.997. The highest BCUT2D eigenvalue weighted by Crippen LogP contribution is 2.27. The Hall–Kier alpha value is -2.90. The summed E-state index contributed by atoms with van der Waals surface area (Å²) in [5.41, 5.74) is 0.943. The van der Waals surface area contributed by atoms with Crippen LogP contribution in [0.2, 0.25) is 0 Å². The van der Waals surface area contributed by atoms with E-state index in [1.54, 1.807) is 17.0 Å².